The Labute approximate surface area is 219 Å². The van der Waals surface area contributed by atoms with Gasteiger partial charge >= 0.3 is 11.9 Å². The van der Waals surface area contributed by atoms with Crippen LogP contribution in [0.1, 0.15) is 45.1 Å². The topological polar surface area (TPSA) is 195 Å². The lowest BCUT2D eigenvalue weighted by Gasteiger charge is -2.29. The zero-order chi connectivity index (χ0) is 28.0. The van der Waals surface area contributed by atoms with Crippen molar-refractivity contribution in [3.05, 3.63) is 36.0 Å². The molecule has 206 valence electrons. The molecule has 1 aliphatic rings. The molecule has 1 aliphatic heterocycles. The number of H-pyrrole nitrogens is 1. The van der Waals surface area contributed by atoms with Crippen molar-refractivity contribution in [2.75, 3.05) is 6.54 Å². The Morgan fingerprint density at radius 2 is 1.76 bits per heavy atom. The van der Waals surface area contributed by atoms with Crippen molar-refractivity contribution in [3.63, 3.8) is 0 Å². The van der Waals surface area contributed by atoms with Gasteiger partial charge in [-0.15, -0.1) is 0 Å². The molecule has 12 heteroatoms. The number of hydrogen-bond acceptors (Lipinski definition) is 6. The summed E-state index contributed by atoms with van der Waals surface area (Å²) in [6.07, 6.45) is 2.29. The predicted molar refractivity (Wildman–Crippen MR) is 138 cm³/mol. The third kappa shape index (κ3) is 7.09. The van der Waals surface area contributed by atoms with Crippen LogP contribution in [0.5, 0.6) is 0 Å². The molecule has 1 saturated heterocycles. The molecule has 0 spiro atoms. The summed E-state index contributed by atoms with van der Waals surface area (Å²) < 4.78 is 0. The van der Waals surface area contributed by atoms with Crippen molar-refractivity contribution in [3.8, 4) is 0 Å². The number of nitrogens with one attached hydrogen (secondary N) is 3. The lowest BCUT2D eigenvalue weighted by molar-refractivity contribution is -0.149. The van der Waals surface area contributed by atoms with Gasteiger partial charge < -0.3 is 36.5 Å². The maximum absolute atomic E-state index is 13.5. The van der Waals surface area contributed by atoms with Crippen LogP contribution in [0.25, 0.3) is 10.9 Å². The van der Waals surface area contributed by atoms with Crippen LogP contribution in [0.15, 0.2) is 30.5 Å². The summed E-state index contributed by atoms with van der Waals surface area (Å²) in [5, 5.41) is 24.6. The molecule has 38 heavy (non-hydrogen) atoms. The van der Waals surface area contributed by atoms with Gasteiger partial charge in [0.1, 0.15) is 18.1 Å². The van der Waals surface area contributed by atoms with Gasteiger partial charge in [-0.1, -0.05) is 32.0 Å². The smallest absolute Gasteiger partial charge is 0.326 e. The lowest BCUT2D eigenvalue weighted by atomic mass is 10.00. The van der Waals surface area contributed by atoms with Crippen molar-refractivity contribution < 1.29 is 34.2 Å². The number of carboxylic acid groups (broad SMARTS) is 2. The van der Waals surface area contributed by atoms with Gasteiger partial charge in [-0.3, -0.25) is 19.2 Å². The average Bonchev–Trinajstić information content (AvgIpc) is 3.49. The van der Waals surface area contributed by atoms with Crippen LogP contribution in [-0.4, -0.2) is 80.5 Å². The number of aliphatic carboxylic acids is 2. The maximum atomic E-state index is 13.5. The zero-order valence-corrected chi connectivity index (χ0v) is 21.5. The molecule has 2 aromatic rings. The third-order valence-electron chi connectivity index (χ3n) is 6.61. The summed E-state index contributed by atoms with van der Waals surface area (Å²) in [5.41, 5.74) is 7.28. The number of likely N-dealkylation sites (tertiary alicyclic amines) is 1. The number of fused-ring (bicyclic) bond motifs is 1. The second kappa shape index (κ2) is 12.5. The molecule has 2 heterocycles. The fourth-order valence-corrected chi connectivity index (χ4v) is 4.74. The van der Waals surface area contributed by atoms with Crippen molar-refractivity contribution in [2.45, 2.75) is 70.1 Å². The first-order chi connectivity index (χ1) is 18.0. The molecule has 12 nitrogen and oxygen atoms in total. The number of aromatic amines is 1. The van der Waals surface area contributed by atoms with E-state index in [0.29, 0.717) is 12.8 Å². The zero-order valence-electron chi connectivity index (χ0n) is 21.5. The Kier molecular flexibility index (Phi) is 9.45. The Morgan fingerprint density at radius 1 is 1.08 bits per heavy atom. The Hall–Kier alpha value is -3.93. The van der Waals surface area contributed by atoms with Crippen LogP contribution in [-0.2, 0) is 30.4 Å². The van der Waals surface area contributed by atoms with Crippen LogP contribution in [0.2, 0.25) is 0 Å². The van der Waals surface area contributed by atoms with E-state index >= 15 is 0 Å². The summed E-state index contributed by atoms with van der Waals surface area (Å²) in [7, 11) is 0. The van der Waals surface area contributed by atoms with Gasteiger partial charge in [-0.25, -0.2) is 4.79 Å². The normalized spacial score (nSPS) is 17.7. The summed E-state index contributed by atoms with van der Waals surface area (Å²) in [6, 6.07) is 2.91. The van der Waals surface area contributed by atoms with E-state index in [4.69, 9.17) is 10.8 Å². The number of hydrogen-bond donors (Lipinski definition) is 6. The van der Waals surface area contributed by atoms with E-state index < -0.39 is 60.2 Å². The fourth-order valence-electron chi connectivity index (χ4n) is 4.74. The molecule has 0 aliphatic carbocycles. The number of benzene rings is 1. The van der Waals surface area contributed by atoms with Crippen LogP contribution in [0.4, 0.5) is 0 Å². The van der Waals surface area contributed by atoms with Gasteiger partial charge in [0, 0.05) is 30.1 Å². The third-order valence-corrected chi connectivity index (χ3v) is 6.61. The lowest BCUT2D eigenvalue weighted by Crippen LogP contribution is -2.58. The SMILES string of the molecule is CC(C)CC(NC(=O)C(Cc1c[nH]c2ccccc12)NC(=O)C(N)CC(=O)O)C(=O)N1CCCC1C(=O)O. The second-order valence-electron chi connectivity index (χ2n) is 10.0. The first-order valence-electron chi connectivity index (χ1n) is 12.6. The monoisotopic (exact) mass is 529 g/mol. The van der Waals surface area contributed by atoms with E-state index in [1.807, 2.05) is 38.1 Å². The number of nitrogens with two attached hydrogens (primary N) is 1. The predicted octanol–water partition coefficient (Wildman–Crippen LogP) is 0.604. The largest absolute Gasteiger partial charge is 0.481 e. The standard InChI is InChI=1S/C26H35N5O7/c1-14(2)10-20(25(36)31-9-5-8-21(31)26(37)38)30-24(35)19(29-23(34)17(27)12-22(32)33)11-15-13-28-18-7-4-3-6-16(15)18/h3-4,6-7,13-14,17,19-21,28H,5,8-12,27H2,1-2H3,(H,29,34)(H,30,35)(H,32,33)(H,37,38). The number of nitrogens with zero attached hydrogens (tertiary/aromatic N) is 1. The van der Waals surface area contributed by atoms with E-state index in [9.17, 15) is 29.1 Å². The number of carbonyl (C=O) groups is 5. The highest BCUT2D eigenvalue weighted by Gasteiger charge is 2.38. The van der Waals surface area contributed by atoms with E-state index in [-0.39, 0.29) is 25.3 Å². The molecule has 3 rings (SSSR count). The van der Waals surface area contributed by atoms with Crippen LogP contribution in [0, 0.1) is 5.92 Å². The van der Waals surface area contributed by atoms with Crippen molar-refractivity contribution in [1.82, 2.24) is 20.5 Å². The molecule has 7 N–H and O–H groups in total. The fraction of sp³-hybridized carbons (Fsp3) is 0.500. The molecule has 1 aromatic carbocycles. The molecule has 1 aromatic heterocycles. The van der Waals surface area contributed by atoms with E-state index in [1.54, 1.807) is 6.20 Å². The summed E-state index contributed by atoms with van der Waals surface area (Å²) >= 11 is 0. The van der Waals surface area contributed by atoms with E-state index in [2.05, 4.69) is 15.6 Å². The van der Waals surface area contributed by atoms with Gasteiger partial charge in [0.15, 0.2) is 0 Å². The van der Waals surface area contributed by atoms with Crippen LogP contribution >= 0.6 is 0 Å². The molecule has 0 radical (unpaired) electrons. The number of para-hydroxylation sites is 1. The van der Waals surface area contributed by atoms with E-state index in [0.717, 1.165) is 16.5 Å². The maximum Gasteiger partial charge on any atom is 0.326 e. The highest BCUT2D eigenvalue weighted by Crippen LogP contribution is 2.22. The first kappa shape index (κ1) is 28.6. The van der Waals surface area contributed by atoms with Crippen LogP contribution < -0.4 is 16.4 Å². The molecule has 4 atom stereocenters. The van der Waals surface area contributed by atoms with Gasteiger partial charge in [-0.2, -0.15) is 0 Å². The van der Waals surface area contributed by atoms with Crippen molar-refractivity contribution in [1.29, 1.82) is 0 Å². The summed E-state index contributed by atoms with van der Waals surface area (Å²) in [5.74, 6) is -4.31. The quantitative estimate of drug-likeness (QED) is 0.230. The Morgan fingerprint density at radius 3 is 2.42 bits per heavy atom. The first-order valence-corrected chi connectivity index (χ1v) is 12.6. The minimum Gasteiger partial charge on any atom is -0.481 e. The van der Waals surface area contributed by atoms with Gasteiger partial charge in [0.25, 0.3) is 0 Å². The van der Waals surface area contributed by atoms with Gasteiger partial charge in [-0.05, 0) is 36.8 Å². The minimum absolute atomic E-state index is 0.000721. The molecule has 3 amide bonds. The minimum atomic E-state index is -1.38. The molecular formula is C26H35N5O7. The molecular weight excluding hydrogens is 494 g/mol. The Bertz CT molecular complexity index is 1190. The van der Waals surface area contributed by atoms with Crippen molar-refractivity contribution in [2.24, 2.45) is 11.7 Å². The molecule has 0 saturated carbocycles. The molecule has 4 unspecified atom stereocenters. The van der Waals surface area contributed by atoms with E-state index in [1.165, 1.54) is 4.90 Å². The number of carbonyl (C=O) groups excluding carboxylic acids is 3. The molecule has 1 fully saturated rings. The number of carboxylic acids is 2. The van der Waals surface area contributed by atoms with Crippen LogP contribution in [0.3, 0.4) is 0 Å². The van der Waals surface area contributed by atoms with Gasteiger partial charge in [0.2, 0.25) is 17.7 Å². The number of aromatic nitrogens is 1. The van der Waals surface area contributed by atoms with Crippen molar-refractivity contribution >= 4 is 40.6 Å². The Balaban J connectivity index is 1.85. The number of rotatable bonds is 12. The van der Waals surface area contributed by atoms with Gasteiger partial charge in [0.05, 0.1) is 12.5 Å². The molecule has 0 bridgehead atoms. The summed E-state index contributed by atoms with van der Waals surface area (Å²) in [6.45, 7) is 4.03. The summed E-state index contributed by atoms with van der Waals surface area (Å²) in [4.78, 5) is 66.7. The highest BCUT2D eigenvalue weighted by atomic mass is 16.4. The second-order valence-corrected chi connectivity index (χ2v) is 10.0. The highest BCUT2D eigenvalue weighted by molar-refractivity contribution is 5.95. The average molecular weight is 530 g/mol. The number of amides is 3.